The summed E-state index contributed by atoms with van der Waals surface area (Å²) in [5.74, 6) is 1.45. The lowest BCUT2D eigenvalue weighted by molar-refractivity contribution is 0.122. The minimum atomic E-state index is 0.487. The Bertz CT molecular complexity index is 834. The first-order chi connectivity index (χ1) is 15.3. The molecule has 2 saturated heterocycles. The zero-order valence-electron chi connectivity index (χ0n) is 18.7. The van der Waals surface area contributed by atoms with Crippen LogP contribution in [-0.2, 0) is 11.3 Å². The quantitative estimate of drug-likeness (QED) is 0.532. The van der Waals surface area contributed by atoms with E-state index in [2.05, 4.69) is 74.3 Å². The fourth-order valence-electron chi connectivity index (χ4n) is 4.78. The Morgan fingerprint density at radius 3 is 2.74 bits per heavy atom. The zero-order chi connectivity index (χ0) is 21.5. The number of anilines is 1. The third kappa shape index (κ3) is 5.59. The minimum absolute atomic E-state index is 0.487. The van der Waals surface area contributed by atoms with Gasteiger partial charge in [0.25, 0.3) is 0 Å². The third-order valence-corrected chi connectivity index (χ3v) is 7.33. The predicted molar refractivity (Wildman–Crippen MR) is 130 cm³/mol. The maximum atomic E-state index is 5.52. The third-order valence-electron chi connectivity index (χ3n) is 6.39. The van der Waals surface area contributed by atoms with E-state index >= 15 is 0 Å². The summed E-state index contributed by atoms with van der Waals surface area (Å²) in [6, 6.07) is 13.6. The molecule has 6 nitrogen and oxygen atoms in total. The number of hydrogen-bond acceptors (Lipinski definition) is 5. The van der Waals surface area contributed by atoms with Gasteiger partial charge in [0.15, 0.2) is 5.96 Å². The van der Waals surface area contributed by atoms with E-state index in [4.69, 9.17) is 4.74 Å². The molecule has 2 fully saturated rings. The summed E-state index contributed by atoms with van der Waals surface area (Å²) < 4.78 is 5.52. The molecule has 2 aliphatic heterocycles. The number of hydrogen-bond donors (Lipinski definition) is 2. The van der Waals surface area contributed by atoms with Gasteiger partial charge in [0.05, 0.1) is 13.2 Å². The Morgan fingerprint density at radius 2 is 1.97 bits per heavy atom. The van der Waals surface area contributed by atoms with E-state index in [-0.39, 0.29) is 0 Å². The van der Waals surface area contributed by atoms with Crippen LogP contribution in [0.2, 0.25) is 0 Å². The summed E-state index contributed by atoms with van der Waals surface area (Å²) >= 11 is 1.87. The molecule has 4 rings (SSSR count). The van der Waals surface area contributed by atoms with Gasteiger partial charge < -0.3 is 20.3 Å². The fraction of sp³-hybridized carbons (Fsp3) is 0.542. The second kappa shape index (κ2) is 11.0. The van der Waals surface area contributed by atoms with E-state index in [9.17, 15) is 0 Å². The average molecular weight is 442 g/mol. The van der Waals surface area contributed by atoms with Crippen molar-refractivity contribution in [1.29, 1.82) is 0 Å². The molecule has 2 aliphatic rings. The van der Waals surface area contributed by atoms with Crippen LogP contribution in [0.1, 0.15) is 29.3 Å². The number of guanidine groups is 1. The van der Waals surface area contributed by atoms with Crippen molar-refractivity contribution < 1.29 is 4.74 Å². The maximum absolute atomic E-state index is 5.52. The van der Waals surface area contributed by atoms with Crippen molar-refractivity contribution in [1.82, 2.24) is 15.5 Å². The molecule has 3 heterocycles. The van der Waals surface area contributed by atoms with E-state index in [1.54, 1.807) is 0 Å². The molecule has 7 heteroatoms. The molecule has 0 spiro atoms. The summed E-state index contributed by atoms with van der Waals surface area (Å²) in [5.41, 5.74) is 2.58. The van der Waals surface area contributed by atoms with Gasteiger partial charge in [-0.3, -0.25) is 9.89 Å². The van der Waals surface area contributed by atoms with Crippen molar-refractivity contribution in [3.05, 3.63) is 52.2 Å². The number of thiophene rings is 1. The van der Waals surface area contributed by atoms with Crippen molar-refractivity contribution in [2.45, 2.75) is 25.4 Å². The minimum Gasteiger partial charge on any atom is -0.378 e. The second-order valence-corrected chi connectivity index (χ2v) is 9.36. The van der Waals surface area contributed by atoms with E-state index in [0.717, 1.165) is 45.4 Å². The smallest absolute Gasteiger partial charge is 0.191 e. The van der Waals surface area contributed by atoms with Crippen LogP contribution < -0.4 is 15.5 Å². The Labute approximate surface area is 190 Å². The Morgan fingerprint density at radius 1 is 1.13 bits per heavy atom. The number of para-hydroxylation sites is 1. The van der Waals surface area contributed by atoms with Gasteiger partial charge in [-0.1, -0.05) is 24.3 Å². The number of benzene rings is 1. The van der Waals surface area contributed by atoms with E-state index in [0.29, 0.717) is 12.0 Å². The first-order valence-corrected chi connectivity index (χ1v) is 12.2. The lowest BCUT2D eigenvalue weighted by Crippen LogP contribution is -2.44. The van der Waals surface area contributed by atoms with E-state index in [1.165, 1.54) is 35.5 Å². The SMILES string of the molecule is CN=C(NCc1ccccc1N1CCOCC1)NCC1CCCN(C)C1c1cccs1. The van der Waals surface area contributed by atoms with E-state index < -0.39 is 0 Å². The van der Waals surface area contributed by atoms with Crippen LogP contribution in [0, 0.1) is 5.92 Å². The van der Waals surface area contributed by atoms with Crippen LogP contribution in [0.25, 0.3) is 0 Å². The number of rotatable bonds is 6. The largest absolute Gasteiger partial charge is 0.378 e. The number of aliphatic imine (C=N–C) groups is 1. The Hall–Kier alpha value is -2.09. The van der Waals surface area contributed by atoms with Gasteiger partial charge in [-0.15, -0.1) is 11.3 Å². The standard InChI is InChI=1S/C24H35N5OS/c1-25-24(26-17-19-7-3-4-9-21(19)29-12-14-30-15-13-29)27-18-20-8-5-11-28(2)23(20)22-10-6-16-31-22/h3-4,6-7,9-10,16,20,23H,5,8,11-15,17-18H2,1-2H3,(H2,25,26,27). The van der Waals surface area contributed by atoms with E-state index in [1.807, 2.05) is 18.4 Å². The molecule has 1 aromatic heterocycles. The molecular weight excluding hydrogens is 406 g/mol. The number of piperidine rings is 1. The van der Waals surface area contributed by atoms with Crippen LogP contribution >= 0.6 is 11.3 Å². The summed E-state index contributed by atoms with van der Waals surface area (Å²) in [6.45, 7) is 6.35. The molecule has 31 heavy (non-hydrogen) atoms. The number of nitrogens with zero attached hydrogens (tertiary/aromatic N) is 3. The highest BCUT2D eigenvalue weighted by Gasteiger charge is 2.31. The topological polar surface area (TPSA) is 52.1 Å². The molecule has 2 N–H and O–H groups in total. The number of ether oxygens (including phenoxy) is 1. The van der Waals surface area contributed by atoms with Gasteiger partial charge in [0, 0.05) is 49.8 Å². The summed E-state index contributed by atoms with van der Waals surface area (Å²) in [7, 11) is 4.11. The van der Waals surface area contributed by atoms with Gasteiger partial charge in [-0.25, -0.2) is 0 Å². The van der Waals surface area contributed by atoms with Gasteiger partial charge >= 0.3 is 0 Å². The fourth-order valence-corrected chi connectivity index (χ4v) is 5.77. The van der Waals surface area contributed by atoms with Crippen LogP contribution in [0.3, 0.4) is 0 Å². The summed E-state index contributed by atoms with van der Waals surface area (Å²) in [6.07, 6.45) is 2.50. The highest BCUT2D eigenvalue weighted by Crippen LogP contribution is 2.36. The summed E-state index contributed by atoms with van der Waals surface area (Å²) in [4.78, 5) is 10.9. The Balaban J connectivity index is 1.35. The molecule has 0 radical (unpaired) electrons. The molecule has 2 unspecified atom stereocenters. The van der Waals surface area contributed by atoms with Gasteiger partial charge in [0.1, 0.15) is 0 Å². The first-order valence-electron chi connectivity index (χ1n) is 11.3. The molecule has 0 amide bonds. The van der Waals surface area contributed by atoms with Crippen molar-refractivity contribution in [2.75, 3.05) is 58.4 Å². The van der Waals surface area contributed by atoms with Crippen molar-refractivity contribution in [3.8, 4) is 0 Å². The normalized spacial score (nSPS) is 23.0. The van der Waals surface area contributed by atoms with Crippen molar-refractivity contribution >= 4 is 23.0 Å². The molecule has 2 atom stereocenters. The molecule has 0 aliphatic carbocycles. The van der Waals surface area contributed by atoms with Crippen LogP contribution in [0.5, 0.6) is 0 Å². The lowest BCUT2D eigenvalue weighted by atomic mass is 9.88. The highest BCUT2D eigenvalue weighted by atomic mass is 32.1. The van der Waals surface area contributed by atoms with Gasteiger partial charge in [0.2, 0.25) is 0 Å². The maximum Gasteiger partial charge on any atom is 0.191 e. The monoisotopic (exact) mass is 441 g/mol. The van der Waals surface area contributed by atoms with Gasteiger partial charge in [-0.05, 0) is 55.4 Å². The number of morpholine rings is 1. The molecule has 0 saturated carbocycles. The van der Waals surface area contributed by atoms with Gasteiger partial charge in [-0.2, -0.15) is 0 Å². The molecule has 168 valence electrons. The average Bonchev–Trinajstić information content (AvgIpc) is 3.34. The second-order valence-electron chi connectivity index (χ2n) is 8.38. The Kier molecular flexibility index (Phi) is 7.83. The molecular formula is C24H35N5OS. The van der Waals surface area contributed by atoms with Crippen LogP contribution in [0.4, 0.5) is 5.69 Å². The first kappa shape index (κ1) is 22.1. The van der Waals surface area contributed by atoms with Crippen molar-refractivity contribution in [2.24, 2.45) is 10.9 Å². The van der Waals surface area contributed by atoms with Crippen LogP contribution in [0.15, 0.2) is 46.8 Å². The molecule has 0 bridgehead atoms. The highest BCUT2D eigenvalue weighted by molar-refractivity contribution is 7.10. The zero-order valence-corrected chi connectivity index (χ0v) is 19.5. The van der Waals surface area contributed by atoms with Crippen LogP contribution in [-0.4, -0.2) is 64.3 Å². The lowest BCUT2D eigenvalue weighted by Gasteiger charge is -2.39. The van der Waals surface area contributed by atoms with Crippen molar-refractivity contribution in [3.63, 3.8) is 0 Å². The number of likely N-dealkylation sites (tertiary alicyclic amines) is 1. The summed E-state index contributed by atoms with van der Waals surface area (Å²) in [5, 5.41) is 9.33. The molecule has 1 aromatic carbocycles. The molecule has 2 aromatic rings. The number of nitrogens with one attached hydrogen (secondary N) is 2. The predicted octanol–water partition coefficient (Wildman–Crippen LogP) is 3.33.